The zero-order valence-corrected chi connectivity index (χ0v) is 15.8. The lowest BCUT2D eigenvalue weighted by atomic mass is 10.1. The molecule has 0 unspecified atom stereocenters. The van der Waals surface area contributed by atoms with E-state index in [4.69, 9.17) is 19.6 Å². The number of aromatic amines is 1. The van der Waals surface area contributed by atoms with Crippen LogP contribution in [-0.2, 0) is 4.74 Å². The number of hydrogen-bond acceptors (Lipinski definition) is 6. The van der Waals surface area contributed by atoms with Crippen LogP contribution in [0.1, 0.15) is 25.0 Å². The molecule has 0 radical (unpaired) electrons. The lowest BCUT2D eigenvalue weighted by Crippen LogP contribution is -2.27. The van der Waals surface area contributed by atoms with Gasteiger partial charge in [0.25, 0.3) is 0 Å². The van der Waals surface area contributed by atoms with Crippen LogP contribution in [0.15, 0.2) is 23.2 Å². The molecule has 0 spiro atoms. The molecule has 3 N–H and O–H groups in total. The van der Waals surface area contributed by atoms with E-state index >= 15 is 0 Å². The molecule has 3 heterocycles. The highest BCUT2D eigenvalue weighted by Crippen LogP contribution is 2.33. The van der Waals surface area contributed by atoms with E-state index in [2.05, 4.69) is 28.5 Å². The minimum absolute atomic E-state index is 0.186. The number of methoxy groups -OCH3 is 1. The highest BCUT2D eigenvalue weighted by atomic mass is 32.2. The number of rotatable bonds is 6. The Labute approximate surface area is 157 Å². The number of benzene rings is 1. The summed E-state index contributed by atoms with van der Waals surface area (Å²) in [5.41, 5.74) is 3.18. The van der Waals surface area contributed by atoms with Gasteiger partial charge in [-0.15, -0.1) is 11.8 Å². The highest BCUT2D eigenvalue weighted by molar-refractivity contribution is 8.14. The van der Waals surface area contributed by atoms with Crippen molar-refractivity contribution in [3.8, 4) is 5.75 Å². The van der Waals surface area contributed by atoms with Crippen molar-refractivity contribution >= 4 is 33.4 Å². The van der Waals surface area contributed by atoms with Crippen molar-refractivity contribution < 1.29 is 14.6 Å². The van der Waals surface area contributed by atoms with Crippen LogP contribution in [0.4, 0.5) is 5.69 Å². The van der Waals surface area contributed by atoms with Crippen molar-refractivity contribution in [2.45, 2.75) is 31.3 Å². The predicted octanol–water partition coefficient (Wildman–Crippen LogP) is 3.01. The zero-order valence-electron chi connectivity index (χ0n) is 15.0. The molecule has 140 valence electrons. The van der Waals surface area contributed by atoms with Gasteiger partial charge in [-0.05, 0) is 31.4 Å². The van der Waals surface area contributed by atoms with Crippen LogP contribution < -0.4 is 10.1 Å². The molecule has 1 atom stereocenters. The predicted molar refractivity (Wildman–Crippen MR) is 107 cm³/mol. The number of nitrogens with zero attached hydrogens (tertiary/aromatic N) is 1. The molecule has 1 aromatic carbocycles. The molecule has 1 aromatic heterocycles. The highest BCUT2D eigenvalue weighted by Gasteiger charge is 2.22. The number of nitrogens with one attached hydrogen (secondary N) is 2. The summed E-state index contributed by atoms with van der Waals surface area (Å²) in [5, 5.41) is 14.9. The number of ether oxygens (including phenoxy) is 2. The van der Waals surface area contributed by atoms with Crippen LogP contribution in [-0.4, -0.2) is 59.9 Å². The summed E-state index contributed by atoms with van der Waals surface area (Å²) in [5.74, 6) is 1.78. The Balaban J connectivity index is 1.65. The number of aliphatic imine (C=N–C) groups is 1. The van der Waals surface area contributed by atoms with Crippen molar-refractivity contribution in [2.75, 3.05) is 38.0 Å². The summed E-state index contributed by atoms with van der Waals surface area (Å²) in [6, 6.07) is 6.87. The van der Waals surface area contributed by atoms with Gasteiger partial charge in [-0.1, -0.05) is 0 Å². The van der Waals surface area contributed by atoms with Crippen LogP contribution >= 0.6 is 11.8 Å². The minimum Gasteiger partial charge on any atom is -0.497 e. The van der Waals surface area contributed by atoms with E-state index in [0.717, 1.165) is 71.3 Å². The van der Waals surface area contributed by atoms with Gasteiger partial charge in [0.1, 0.15) is 10.8 Å². The van der Waals surface area contributed by atoms with Gasteiger partial charge < -0.3 is 24.9 Å². The molecule has 2 aromatic rings. The third-order valence-electron chi connectivity index (χ3n) is 4.92. The summed E-state index contributed by atoms with van der Waals surface area (Å²) in [6.07, 6.45) is 2.75. The first kappa shape index (κ1) is 17.7. The summed E-state index contributed by atoms with van der Waals surface area (Å²) in [7, 11) is 1.70. The lowest BCUT2D eigenvalue weighted by Gasteiger charge is -2.24. The van der Waals surface area contributed by atoms with Crippen LogP contribution in [0, 0.1) is 0 Å². The van der Waals surface area contributed by atoms with E-state index in [9.17, 15) is 0 Å². The third kappa shape index (κ3) is 3.70. The molecule has 0 bridgehead atoms. The van der Waals surface area contributed by atoms with Crippen molar-refractivity contribution in [3.05, 3.63) is 23.9 Å². The largest absolute Gasteiger partial charge is 0.497 e. The van der Waals surface area contributed by atoms with Gasteiger partial charge in [0.2, 0.25) is 0 Å². The van der Waals surface area contributed by atoms with Crippen LogP contribution in [0.3, 0.4) is 0 Å². The van der Waals surface area contributed by atoms with E-state index in [1.165, 1.54) is 0 Å². The number of hydrogen-bond donors (Lipinski definition) is 3. The Kier molecular flexibility index (Phi) is 5.38. The number of H-pyrrole nitrogens is 1. The summed E-state index contributed by atoms with van der Waals surface area (Å²) in [6.45, 7) is 1.80. The van der Waals surface area contributed by atoms with Gasteiger partial charge in [0.15, 0.2) is 0 Å². The summed E-state index contributed by atoms with van der Waals surface area (Å²) < 4.78 is 11.0. The second kappa shape index (κ2) is 7.90. The molecule has 26 heavy (non-hydrogen) atoms. The average molecular weight is 375 g/mol. The van der Waals surface area contributed by atoms with E-state index in [1.807, 2.05) is 0 Å². The first-order valence-corrected chi connectivity index (χ1v) is 10.1. The molecule has 1 fully saturated rings. The number of fused-ring (bicyclic) bond motifs is 1. The molecule has 0 saturated carbocycles. The molecular formula is C19H25N3O3S. The molecular weight excluding hydrogens is 350 g/mol. The van der Waals surface area contributed by atoms with Crippen molar-refractivity contribution in [1.82, 2.24) is 4.98 Å². The van der Waals surface area contributed by atoms with Crippen molar-refractivity contribution in [3.63, 3.8) is 0 Å². The number of aliphatic hydroxyl groups is 1. The van der Waals surface area contributed by atoms with Crippen molar-refractivity contribution in [1.29, 1.82) is 0 Å². The first-order valence-electron chi connectivity index (χ1n) is 9.13. The zero-order chi connectivity index (χ0) is 17.9. The smallest absolute Gasteiger partial charge is 0.121 e. The van der Waals surface area contributed by atoms with Gasteiger partial charge >= 0.3 is 0 Å². The quantitative estimate of drug-likeness (QED) is 0.723. The maximum Gasteiger partial charge on any atom is 0.121 e. The Hall–Kier alpha value is -1.70. The van der Waals surface area contributed by atoms with E-state index in [-0.39, 0.29) is 12.6 Å². The molecule has 0 amide bonds. The minimum atomic E-state index is 0.186. The van der Waals surface area contributed by atoms with E-state index in [0.29, 0.717) is 6.04 Å². The number of anilines is 1. The standard InChI is InChI=1S/C19H25N3O3S/c1-24-15-8-12-9-17(19-21-14(2-5-23)11-26-19)22-18(12)16(10-15)20-13-3-6-25-7-4-13/h8-10,13-14,20,22-23H,2-7,11H2,1H3/t14-/m1/s1. The fraction of sp³-hybridized carbons (Fsp3) is 0.526. The van der Waals surface area contributed by atoms with Crippen LogP contribution in [0.2, 0.25) is 0 Å². The normalized spacial score (nSPS) is 21.2. The monoisotopic (exact) mass is 375 g/mol. The van der Waals surface area contributed by atoms with Crippen LogP contribution in [0.25, 0.3) is 10.9 Å². The second-order valence-electron chi connectivity index (χ2n) is 6.76. The summed E-state index contributed by atoms with van der Waals surface area (Å²) >= 11 is 1.75. The Morgan fingerprint density at radius 1 is 1.35 bits per heavy atom. The average Bonchev–Trinajstić information content (AvgIpc) is 3.29. The summed E-state index contributed by atoms with van der Waals surface area (Å²) in [4.78, 5) is 8.30. The van der Waals surface area contributed by atoms with E-state index in [1.54, 1.807) is 18.9 Å². The SMILES string of the molecule is COc1cc(NC2CCOCC2)c2[nH]c(C3=N[C@H](CCO)CS3)cc2c1. The third-order valence-corrected chi connectivity index (χ3v) is 6.07. The van der Waals surface area contributed by atoms with Gasteiger partial charge in [-0.25, -0.2) is 0 Å². The van der Waals surface area contributed by atoms with Crippen molar-refractivity contribution in [2.24, 2.45) is 4.99 Å². The maximum absolute atomic E-state index is 9.13. The molecule has 2 aliphatic heterocycles. The van der Waals surface area contributed by atoms with Gasteiger partial charge in [-0.3, -0.25) is 4.99 Å². The van der Waals surface area contributed by atoms with Gasteiger partial charge in [0, 0.05) is 43.1 Å². The maximum atomic E-state index is 9.13. The molecule has 7 heteroatoms. The Morgan fingerprint density at radius 2 is 2.19 bits per heavy atom. The number of aromatic nitrogens is 1. The van der Waals surface area contributed by atoms with Crippen LogP contribution in [0.5, 0.6) is 5.75 Å². The Bertz CT molecular complexity index is 799. The number of thioether (sulfide) groups is 1. The molecule has 6 nitrogen and oxygen atoms in total. The molecule has 0 aliphatic carbocycles. The molecule has 1 saturated heterocycles. The molecule has 2 aliphatic rings. The van der Waals surface area contributed by atoms with Gasteiger partial charge in [0.05, 0.1) is 30.0 Å². The van der Waals surface area contributed by atoms with Gasteiger partial charge in [-0.2, -0.15) is 0 Å². The fourth-order valence-electron chi connectivity index (χ4n) is 3.49. The topological polar surface area (TPSA) is 78.9 Å². The Morgan fingerprint density at radius 3 is 2.96 bits per heavy atom. The second-order valence-corrected chi connectivity index (χ2v) is 7.77. The lowest BCUT2D eigenvalue weighted by molar-refractivity contribution is 0.0905. The first-order chi connectivity index (χ1) is 12.8. The number of aliphatic hydroxyl groups excluding tert-OH is 1. The fourth-order valence-corrected chi connectivity index (χ4v) is 4.57. The van der Waals surface area contributed by atoms with E-state index < -0.39 is 0 Å². The molecule has 4 rings (SSSR count).